The zero-order valence-corrected chi connectivity index (χ0v) is 19.1. The van der Waals surface area contributed by atoms with Gasteiger partial charge in [-0.05, 0) is 36.6 Å². The van der Waals surface area contributed by atoms with Crippen molar-refractivity contribution in [2.45, 2.75) is 24.3 Å². The molecule has 1 aliphatic rings. The first-order chi connectivity index (χ1) is 14.8. The molecular formula is C20H21Cl2N5O3S. The van der Waals surface area contributed by atoms with E-state index in [-0.39, 0.29) is 10.6 Å². The molecule has 1 fully saturated rings. The van der Waals surface area contributed by atoms with Gasteiger partial charge in [-0.3, -0.25) is 4.79 Å². The molecular weight excluding hydrogens is 461 g/mol. The zero-order chi connectivity index (χ0) is 22.2. The van der Waals surface area contributed by atoms with Crippen LogP contribution in [0.4, 0.5) is 5.82 Å². The first-order valence-corrected chi connectivity index (χ1v) is 11.9. The summed E-state index contributed by atoms with van der Waals surface area (Å²) in [4.78, 5) is 13.0. The Bertz CT molecular complexity index is 1230. The lowest BCUT2D eigenvalue weighted by molar-refractivity contribution is 0.101. The number of sulfonamides is 1. The Morgan fingerprint density at radius 3 is 2.61 bits per heavy atom. The third-order valence-electron chi connectivity index (χ3n) is 5.21. The fourth-order valence-corrected chi connectivity index (χ4v) is 5.59. The molecule has 0 bridgehead atoms. The SMILES string of the molecule is Cn1cc(S(=O)(=O)N2CCCC2)cc1C(=O)Nc1ccnn1Cc1ccc(Cl)cc1Cl. The van der Waals surface area contributed by atoms with E-state index in [9.17, 15) is 13.2 Å². The number of nitrogens with zero attached hydrogens (tertiary/aromatic N) is 4. The predicted octanol–water partition coefficient (Wildman–Crippen LogP) is 3.61. The van der Waals surface area contributed by atoms with Crippen LogP contribution in [-0.2, 0) is 23.6 Å². The maximum Gasteiger partial charge on any atom is 0.273 e. The number of hydrogen-bond acceptors (Lipinski definition) is 4. The van der Waals surface area contributed by atoms with Gasteiger partial charge in [0.15, 0.2) is 0 Å². The largest absolute Gasteiger partial charge is 0.345 e. The van der Waals surface area contributed by atoms with Crippen LogP contribution in [0.2, 0.25) is 10.0 Å². The molecule has 0 unspecified atom stereocenters. The number of aromatic nitrogens is 3. The molecule has 11 heteroatoms. The molecule has 8 nitrogen and oxygen atoms in total. The summed E-state index contributed by atoms with van der Waals surface area (Å²) in [5.74, 6) is 0.0236. The van der Waals surface area contributed by atoms with Crippen LogP contribution in [0.5, 0.6) is 0 Å². The van der Waals surface area contributed by atoms with Crippen molar-refractivity contribution in [1.29, 1.82) is 0 Å². The molecule has 0 atom stereocenters. The Labute approximate surface area is 190 Å². The molecule has 31 heavy (non-hydrogen) atoms. The van der Waals surface area contributed by atoms with Crippen LogP contribution in [0.15, 0.2) is 47.6 Å². The molecule has 1 N–H and O–H groups in total. The highest BCUT2D eigenvalue weighted by atomic mass is 35.5. The van der Waals surface area contributed by atoms with Crippen LogP contribution >= 0.6 is 23.2 Å². The quantitative estimate of drug-likeness (QED) is 0.582. The van der Waals surface area contributed by atoms with Gasteiger partial charge in [0, 0.05) is 42.4 Å². The van der Waals surface area contributed by atoms with Gasteiger partial charge in [-0.1, -0.05) is 29.3 Å². The number of anilines is 1. The fraction of sp³-hybridized carbons (Fsp3) is 0.300. The van der Waals surface area contributed by atoms with Gasteiger partial charge in [-0.2, -0.15) is 9.40 Å². The lowest BCUT2D eigenvalue weighted by Crippen LogP contribution is -2.27. The highest BCUT2D eigenvalue weighted by Crippen LogP contribution is 2.24. The monoisotopic (exact) mass is 481 g/mol. The molecule has 3 heterocycles. The maximum atomic E-state index is 12.9. The van der Waals surface area contributed by atoms with Crippen molar-refractivity contribution in [3.63, 3.8) is 0 Å². The summed E-state index contributed by atoms with van der Waals surface area (Å²) in [5.41, 5.74) is 1.03. The molecule has 0 aliphatic carbocycles. The van der Waals surface area contributed by atoms with E-state index in [1.165, 1.54) is 21.1 Å². The smallest absolute Gasteiger partial charge is 0.273 e. The molecule has 1 amide bonds. The van der Waals surface area contributed by atoms with E-state index in [0.29, 0.717) is 35.5 Å². The lowest BCUT2D eigenvalue weighted by atomic mass is 10.2. The van der Waals surface area contributed by atoms with Gasteiger partial charge in [0.25, 0.3) is 5.91 Å². The molecule has 1 saturated heterocycles. The van der Waals surface area contributed by atoms with Crippen LogP contribution in [0.25, 0.3) is 0 Å². The highest BCUT2D eigenvalue weighted by Gasteiger charge is 2.29. The second-order valence-corrected chi connectivity index (χ2v) is 10.1. The number of hydrogen-bond donors (Lipinski definition) is 1. The van der Waals surface area contributed by atoms with Gasteiger partial charge in [0.05, 0.1) is 12.7 Å². The van der Waals surface area contributed by atoms with Crippen molar-refractivity contribution >= 4 is 45.0 Å². The van der Waals surface area contributed by atoms with Crippen LogP contribution < -0.4 is 5.32 Å². The summed E-state index contributed by atoms with van der Waals surface area (Å²) in [5, 5.41) is 8.07. The summed E-state index contributed by atoms with van der Waals surface area (Å²) >= 11 is 12.2. The Kier molecular flexibility index (Phi) is 6.11. The maximum absolute atomic E-state index is 12.9. The second-order valence-electron chi connectivity index (χ2n) is 7.35. The molecule has 0 spiro atoms. The number of halogens is 2. The van der Waals surface area contributed by atoms with Crippen molar-refractivity contribution in [3.8, 4) is 0 Å². The van der Waals surface area contributed by atoms with Gasteiger partial charge >= 0.3 is 0 Å². The molecule has 1 aromatic carbocycles. The van der Waals surface area contributed by atoms with Gasteiger partial charge in [-0.15, -0.1) is 0 Å². The van der Waals surface area contributed by atoms with E-state index in [1.807, 2.05) is 0 Å². The lowest BCUT2D eigenvalue weighted by Gasteiger charge is -2.13. The predicted molar refractivity (Wildman–Crippen MR) is 119 cm³/mol. The molecule has 1 aliphatic heterocycles. The van der Waals surface area contributed by atoms with Gasteiger partial charge < -0.3 is 9.88 Å². The standard InChI is InChI=1S/C20H21Cl2N5O3S/c1-25-13-16(31(29,30)26-8-2-3-9-26)11-18(25)20(28)24-19-6-7-23-27(19)12-14-4-5-15(21)10-17(14)22/h4-7,10-11,13H,2-3,8-9,12H2,1H3,(H,24,28). The second kappa shape index (κ2) is 8.66. The van der Waals surface area contributed by atoms with Crippen molar-refractivity contribution in [1.82, 2.24) is 18.7 Å². The summed E-state index contributed by atoms with van der Waals surface area (Å²) < 4.78 is 30.2. The first kappa shape index (κ1) is 21.9. The van der Waals surface area contributed by atoms with E-state index < -0.39 is 15.9 Å². The number of carbonyl (C=O) groups is 1. The van der Waals surface area contributed by atoms with E-state index in [2.05, 4.69) is 10.4 Å². The number of amides is 1. The van der Waals surface area contributed by atoms with Crippen LogP contribution in [0, 0.1) is 0 Å². The van der Waals surface area contributed by atoms with Crippen molar-refractivity contribution in [3.05, 3.63) is 64.0 Å². The Balaban J connectivity index is 1.53. The van der Waals surface area contributed by atoms with E-state index >= 15 is 0 Å². The van der Waals surface area contributed by atoms with Crippen LogP contribution in [0.3, 0.4) is 0 Å². The minimum Gasteiger partial charge on any atom is -0.345 e. The van der Waals surface area contributed by atoms with Gasteiger partial charge in [-0.25, -0.2) is 13.1 Å². The number of nitrogens with one attached hydrogen (secondary N) is 1. The third-order valence-corrected chi connectivity index (χ3v) is 7.66. The average Bonchev–Trinajstić information content (AvgIpc) is 3.46. The van der Waals surface area contributed by atoms with Gasteiger partial charge in [0.1, 0.15) is 16.4 Å². The Hall–Kier alpha value is -2.33. The minimum absolute atomic E-state index is 0.114. The molecule has 164 valence electrons. The van der Waals surface area contributed by atoms with Crippen molar-refractivity contribution in [2.75, 3.05) is 18.4 Å². The number of benzene rings is 1. The molecule has 0 saturated carbocycles. The number of carbonyl (C=O) groups excluding carboxylic acids is 1. The Morgan fingerprint density at radius 1 is 1.16 bits per heavy atom. The summed E-state index contributed by atoms with van der Waals surface area (Å²) in [6.45, 7) is 1.34. The number of aryl methyl sites for hydroxylation is 1. The minimum atomic E-state index is -3.60. The fourth-order valence-electron chi connectivity index (χ4n) is 3.54. The number of rotatable bonds is 6. The molecule has 3 aromatic rings. The highest BCUT2D eigenvalue weighted by molar-refractivity contribution is 7.89. The zero-order valence-electron chi connectivity index (χ0n) is 16.8. The van der Waals surface area contributed by atoms with Gasteiger partial charge in [0.2, 0.25) is 10.0 Å². The average molecular weight is 482 g/mol. The van der Waals surface area contributed by atoms with Crippen LogP contribution in [-0.4, -0.2) is 46.1 Å². The van der Waals surface area contributed by atoms with E-state index in [1.54, 1.807) is 42.2 Å². The topological polar surface area (TPSA) is 89.2 Å². The van der Waals surface area contributed by atoms with Crippen LogP contribution in [0.1, 0.15) is 28.9 Å². The molecule has 0 radical (unpaired) electrons. The molecule has 2 aromatic heterocycles. The third kappa shape index (κ3) is 4.50. The summed E-state index contributed by atoms with van der Waals surface area (Å²) in [7, 11) is -1.96. The van der Waals surface area contributed by atoms with E-state index in [4.69, 9.17) is 23.2 Å². The summed E-state index contributed by atoms with van der Waals surface area (Å²) in [6.07, 6.45) is 4.73. The summed E-state index contributed by atoms with van der Waals surface area (Å²) in [6, 6.07) is 8.24. The Morgan fingerprint density at radius 2 is 1.90 bits per heavy atom. The van der Waals surface area contributed by atoms with E-state index in [0.717, 1.165) is 18.4 Å². The van der Waals surface area contributed by atoms with Crippen molar-refractivity contribution in [2.24, 2.45) is 7.05 Å². The normalized spacial score (nSPS) is 14.8. The molecule has 4 rings (SSSR count). The van der Waals surface area contributed by atoms with Crippen molar-refractivity contribution < 1.29 is 13.2 Å². The first-order valence-electron chi connectivity index (χ1n) is 9.69.